The Balaban J connectivity index is 1.78. The molecular weight excluding hydrogens is 292 g/mol. The van der Waals surface area contributed by atoms with Gasteiger partial charge in [0.25, 0.3) is 0 Å². The number of hydrogen-bond acceptors (Lipinski definition) is 2. The summed E-state index contributed by atoms with van der Waals surface area (Å²) >= 11 is 0. The van der Waals surface area contributed by atoms with Crippen molar-refractivity contribution in [3.05, 3.63) is 35.4 Å². The Kier molecular flexibility index (Phi) is 6.02. The second-order valence-corrected chi connectivity index (χ2v) is 6.58. The first-order valence-electron chi connectivity index (χ1n) is 8.29. The van der Waals surface area contributed by atoms with E-state index in [1.54, 1.807) is 4.90 Å². The van der Waals surface area contributed by atoms with Gasteiger partial charge in [-0.2, -0.15) is 0 Å². The number of carboxylic acids is 1. The number of urea groups is 1. The fourth-order valence-corrected chi connectivity index (χ4v) is 2.94. The van der Waals surface area contributed by atoms with Gasteiger partial charge in [-0.25, -0.2) is 4.79 Å². The van der Waals surface area contributed by atoms with Crippen LogP contribution in [0.15, 0.2) is 24.3 Å². The molecule has 23 heavy (non-hydrogen) atoms. The van der Waals surface area contributed by atoms with Crippen LogP contribution in [0.1, 0.15) is 43.7 Å². The molecule has 0 spiro atoms. The van der Waals surface area contributed by atoms with Crippen LogP contribution in [-0.4, -0.2) is 41.6 Å². The van der Waals surface area contributed by atoms with Gasteiger partial charge in [0, 0.05) is 19.6 Å². The van der Waals surface area contributed by atoms with Gasteiger partial charge in [0.15, 0.2) is 0 Å². The molecule has 5 nitrogen and oxygen atoms in total. The monoisotopic (exact) mass is 318 g/mol. The molecule has 0 saturated carbocycles. The number of carbonyl (C=O) groups is 2. The Bertz CT molecular complexity index is 540. The maximum Gasteiger partial charge on any atom is 0.317 e. The van der Waals surface area contributed by atoms with Crippen LogP contribution in [0, 0.1) is 5.92 Å². The number of carbonyl (C=O) groups excluding carboxylic acids is 1. The molecule has 0 aliphatic carbocycles. The molecule has 1 fully saturated rings. The normalized spacial score (nSPS) is 17.5. The fraction of sp³-hybridized carbons (Fsp3) is 0.556. The van der Waals surface area contributed by atoms with Gasteiger partial charge in [-0.1, -0.05) is 38.1 Å². The molecule has 126 valence electrons. The zero-order valence-corrected chi connectivity index (χ0v) is 13.9. The Labute approximate surface area is 137 Å². The lowest BCUT2D eigenvalue weighted by Gasteiger charge is -2.17. The van der Waals surface area contributed by atoms with Gasteiger partial charge in [0.1, 0.15) is 0 Å². The number of amides is 2. The lowest BCUT2D eigenvalue weighted by atomic mass is 9.96. The molecule has 2 rings (SSSR count). The van der Waals surface area contributed by atoms with Crippen LogP contribution in [0.3, 0.4) is 0 Å². The summed E-state index contributed by atoms with van der Waals surface area (Å²) in [7, 11) is 0. The standard InChI is InChI=1S/C18H26N2O3/c1-13(2)16-5-3-14(4-6-16)11-15-8-10-20(12-15)18(23)19-9-7-17(21)22/h3-6,13,15H,7-12H2,1-2H3,(H,19,23)(H,21,22). The summed E-state index contributed by atoms with van der Waals surface area (Å²) < 4.78 is 0. The first kappa shape index (κ1) is 17.3. The van der Waals surface area contributed by atoms with Gasteiger partial charge in [0.05, 0.1) is 6.42 Å². The van der Waals surface area contributed by atoms with E-state index in [4.69, 9.17) is 5.11 Å². The molecule has 1 aliphatic rings. The van der Waals surface area contributed by atoms with Crippen LogP contribution in [0.4, 0.5) is 4.79 Å². The van der Waals surface area contributed by atoms with E-state index in [2.05, 4.69) is 43.4 Å². The van der Waals surface area contributed by atoms with Crippen LogP contribution in [0.2, 0.25) is 0 Å². The number of benzene rings is 1. The Hall–Kier alpha value is -2.04. The third-order valence-corrected chi connectivity index (χ3v) is 4.36. The lowest BCUT2D eigenvalue weighted by molar-refractivity contribution is -0.136. The van der Waals surface area contributed by atoms with Crippen molar-refractivity contribution in [1.29, 1.82) is 0 Å². The first-order chi connectivity index (χ1) is 11.0. The highest BCUT2D eigenvalue weighted by atomic mass is 16.4. The van der Waals surface area contributed by atoms with Crippen molar-refractivity contribution in [3.8, 4) is 0 Å². The van der Waals surface area contributed by atoms with E-state index < -0.39 is 5.97 Å². The Morgan fingerprint density at radius 3 is 2.61 bits per heavy atom. The first-order valence-corrected chi connectivity index (χ1v) is 8.29. The number of aliphatic carboxylic acids is 1. The number of nitrogens with one attached hydrogen (secondary N) is 1. The van der Waals surface area contributed by atoms with E-state index in [-0.39, 0.29) is 19.0 Å². The summed E-state index contributed by atoms with van der Waals surface area (Å²) in [5.74, 6) is 0.125. The molecule has 2 amide bonds. The van der Waals surface area contributed by atoms with E-state index in [1.165, 1.54) is 11.1 Å². The minimum Gasteiger partial charge on any atom is -0.481 e. The highest BCUT2D eigenvalue weighted by molar-refractivity contribution is 5.75. The van der Waals surface area contributed by atoms with Gasteiger partial charge in [-0.15, -0.1) is 0 Å². The second-order valence-electron chi connectivity index (χ2n) is 6.58. The zero-order chi connectivity index (χ0) is 16.8. The summed E-state index contributed by atoms with van der Waals surface area (Å²) in [6.45, 7) is 6.05. The molecule has 1 aromatic rings. The van der Waals surface area contributed by atoms with Gasteiger partial charge in [-0.05, 0) is 35.8 Å². The van der Waals surface area contributed by atoms with Gasteiger partial charge >= 0.3 is 12.0 Å². The molecule has 1 atom stereocenters. The third kappa shape index (κ3) is 5.27. The van der Waals surface area contributed by atoms with Crippen molar-refractivity contribution in [1.82, 2.24) is 10.2 Å². The molecule has 2 N–H and O–H groups in total. The average molecular weight is 318 g/mol. The Morgan fingerprint density at radius 2 is 2.00 bits per heavy atom. The van der Waals surface area contributed by atoms with Crippen LogP contribution in [0.25, 0.3) is 0 Å². The molecule has 1 aliphatic heterocycles. The van der Waals surface area contributed by atoms with Crippen molar-refractivity contribution in [2.45, 2.75) is 39.0 Å². The number of carboxylic acid groups (broad SMARTS) is 1. The molecule has 1 heterocycles. The molecule has 1 saturated heterocycles. The van der Waals surface area contributed by atoms with Crippen molar-refractivity contribution in [2.75, 3.05) is 19.6 Å². The highest BCUT2D eigenvalue weighted by Gasteiger charge is 2.26. The van der Waals surface area contributed by atoms with E-state index in [1.807, 2.05) is 0 Å². The summed E-state index contributed by atoms with van der Waals surface area (Å²) in [4.78, 5) is 24.2. The molecule has 0 aromatic heterocycles. The van der Waals surface area contributed by atoms with E-state index >= 15 is 0 Å². The van der Waals surface area contributed by atoms with Crippen LogP contribution in [0.5, 0.6) is 0 Å². The summed E-state index contributed by atoms with van der Waals surface area (Å²) in [5, 5.41) is 11.3. The van der Waals surface area contributed by atoms with E-state index in [0.717, 1.165) is 25.9 Å². The minimum atomic E-state index is -0.894. The molecular formula is C18H26N2O3. The summed E-state index contributed by atoms with van der Waals surface area (Å²) in [6, 6.07) is 8.59. The topological polar surface area (TPSA) is 69.6 Å². The third-order valence-electron chi connectivity index (χ3n) is 4.36. The lowest BCUT2D eigenvalue weighted by Crippen LogP contribution is -2.39. The van der Waals surface area contributed by atoms with Crippen LogP contribution >= 0.6 is 0 Å². The number of likely N-dealkylation sites (tertiary alicyclic amines) is 1. The largest absolute Gasteiger partial charge is 0.481 e. The summed E-state index contributed by atoms with van der Waals surface area (Å²) in [6.07, 6.45) is 1.95. The maximum absolute atomic E-state index is 12.0. The fourth-order valence-electron chi connectivity index (χ4n) is 2.94. The van der Waals surface area contributed by atoms with Gasteiger partial charge in [-0.3, -0.25) is 4.79 Å². The molecule has 0 radical (unpaired) electrons. The molecule has 1 unspecified atom stereocenters. The molecule has 1 aromatic carbocycles. The van der Waals surface area contributed by atoms with E-state index in [9.17, 15) is 9.59 Å². The summed E-state index contributed by atoms with van der Waals surface area (Å²) in [5.41, 5.74) is 2.66. The quantitative estimate of drug-likeness (QED) is 0.847. The predicted molar refractivity (Wildman–Crippen MR) is 89.6 cm³/mol. The minimum absolute atomic E-state index is 0.0365. The zero-order valence-electron chi connectivity index (χ0n) is 13.9. The number of hydrogen-bond donors (Lipinski definition) is 2. The maximum atomic E-state index is 12.0. The van der Waals surface area contributed by atoms with Crippen molar-refractivity contribution in [3.63, 3.8) is 0 Å². The SMILES string of the molecule is CC(C)c1ccc(CC2CCN(C(=O)NCCC(=O)O)C2)cc1. The molecule has 5 heteroatoms. The van der Waals surface area contributed by atoms with Gasteiger partial charge in [0.2, 0.25) is 0 Å². The van der Waals surface area contributed by atoms with Gasteiger partial charge < -0.3 is 15.3 Å². The van der Waals surface area contributed by atoms with Crippen LogP contribution in [-0.2, 0) is 11.2 Å². The second kappa shape index (κ2) is 7.99. The van der Waals surface area contributed by atoms with Crippen LogP contribution < -0.4 is 5.32 Å². The smallest absolute Gasteiger partial charge is 0.317 e. The Morgan fingerprint density at radius 1 is 1.30 bits per heavy atom. The van der Waals surface area contributed by atoms with E-state index in [0.29, 0.717) is 11.8 Å². The van der Waals surface area contributed by atoms with Crippen molar-refractivity contribution in [2.24, 2.45) is 5.92 Å². The molecule has 0 bridgehead atoms. The predicted octanol–water partition coefficient (Wildman–Crippen LogP) is 2.86. The highest BCUT2D eigenvalue weighted by Crippen LogP contribution is 2.22. The number of nitrogens with zero attached hydrogens (tertiary/aromatic N) is 1. The van der Waals surface area contributed by atoms with Crippen molar-refractivity contribution >= 4 is 12.0 Å². The number of rotatable bonds is 6. The van der Waals surface area contributed by atoms with Crippen molar-refractivity contribution < 1.29 is 14.7 Å². The average Bonchev–Trinajstić information content (AvgIpc) is 2.96.